The van der Waals surface area contributed by atoms with E-state index in [2.05, 4.69) is 17.1 Å². The molecule has 1 aromatic carbocycles. The van der Waals surface area contributed by atoms with Gasteiger partial charge in [0.1, 0.15) is 5.69 Å². The van der Waals surface area contributed by atoms with Crippen LogP contribution < -0.4 is 0 Å². The van der Waals surface area contributed by atoms with Gasteiger partial charge in [-0.2, -0.15) is 0 Å². The van der Waals surface area contributed by atoms with Crippen molar-refractivity contribution in [2.75, 3.05) is 0 Å². The quantitative estimate of drug-likeness (QED) is 0.829. The standard InChI is InChI=1S/C14H17NO2/c1-7(2)11-10-6-8(3)5-9(4)12(10)15-13(11)14(16)17/h5-7,15H,1-4H3,(H,16,17). The lowest BCUT2D eigenvalue weighted by Crippen LogP contribution is -2.02. The molecule has 0 aliphatic carbocycles. The Morgan fingerprint density at radius 2 is 1.94 bits per heavy atom. The van der Waals surface area contributed by atoms with Gasteiger partial charge in [0.05, 0.1) is 0 Å². The molecule has 90 valence electrons. The van der Waals surface area contributed by atoms with Crippen LogP contribution in [0.3, 0.4) is 0 Å². The molecule has 3 heteroatoms. The predicted molar refractivity (Wildman–Crippen MR) is 68.8 cm³/mol. The van der Waals surface area contributed by atoms with E-state index in [1.807, 2.05) is 27.7 Å². The molecule has 0 unspecified atom stereocenters. The minimum Gasteiger partial charge on any atom is -0.477 e. The van der Waals surface area contributed by atoms with Crippen molar-refractivity contribution in [2.45, 2.75) is 33.6 Å². The van der Waals surface area contributed by atoms with Crippen LogP contribution in [0.1, 0.15) is 46.9 Å². The molecule has 2 aromatic rings. The fourth-order valence-corrected chi connectivity index (χ4v) is 2.44. The second-order valence-electron chi connectivity index (χ2n) is 4.88. The third-order valence-corrected chi connectivity index (χ3v) is 3.08. The van der Waals surface area contributed by atoms with Crippen molar-refractivity contribution in [1.82, 2.24) is 4.98 Å². The summed E-state index contributed by atoms with van der Waals surface area (Å²) in [5.41, 5.74) is 4.42. The highest BCUT2D eigenvalue weighted by Gasteiger charge is 2.20. The van der Waals surface area contributed by atoms with Crippen LogP contribution in [0.5, 0.6) is 0 Å². The van der Waals surface area contributed by atoms with E-state index in [4.69, 9.17) is 0 Å². The maximum Gasteiger partial charge on any atom is 0.352 e. The molecule has 0 fully saturated rings. The van der Waals surface area contributed by atoms with Crippen LogP contribution >= 0.6 is 0 Å². The molecule has 0 saturated heterocycles. The van der Waals surface area contributed by atoms with Gasteiger partial charge < -0.3 is 10.1 Å². The average molecular weight is 231 g/mol. The largest absolute Gasteiger partial charge is 0.477 e. The summed E-state index contributed by atoms with van der Waals surface area (Å²) in [6, 6.07) is 4.12. The van der Waals surface area contributed by atoms with Gasteiger partial charge in [0, 0.05) is 10.9 Å². The SMILES string of the molecule is Cc1cc(C)c2[nH]c(C(=O)O)c(C(C)C)c2c1. The van der Waals surface area contributed by atoms with Gasteiger partial charge in [-0.3, -0.25) is 0 Å². The van der Waals surface area contributed by atoms with Gasteiger partial charge in [0.2, 0.25) is 0 Å². The molecule has 0 radical (unpaired) electrons. The molecule has 0 saturated carbocycles. The summed E-state index contributed by atoms with van der Waals surface area (Å²) in [4.78, 5) is 14.3. The van der Waals surface area contributed by atoms with Gasteiger partial charge in [0.25, 0.3) is 0 Å². The van der Waals surface area contributed by atoms with Crippen molar-refractivity contribution in [3.8, 4) is 0 Å². The zero-order chi connectivity index (χ0) is 12.7. The van der Waals surface area contributed by atoms with Gasteiger partial charge in [-0.1, -0.05) is 25.5 Å². The molecule has 0 atom stereocenters. The predicted octanol–water partition coefficient (Wildman–Crippen LogP) is 3.61. The van der Waals surface area contributed by atoms with Gasteiger partial charge in [-0.05, 0) is 37.0 Å². The number of H-pyrrole nitrogens is 1. The van der Waals surface area contributed by atoms with Crippen LogP contribution in [0, 0.1) is 13.8 Å². The topological polar surface area (TPSA) is 53.1 Å². The zero-order valence-corrected chi connectivity index (χ0v) is 10.6. The van der Waals surface area contributed by atoms with Gasteiger partial charge in [0.15, 0.2) is 0 Å². The highest BCUT2D eigenvalue weighted by molar-refractivity contribution is 5.99. The van der Waals surface area contributed by atoms with E-state index < -0.39 is 5.97 Å². The third-order valence-electron chi connectivity index (χ3n) is 3.08. The first-order valence-corrected chi connectivity index (χ1v) is 5.78. The zero-order valence-electron chi connectivity index (χ0n) is 10.6. The van der Waals surface area contributed by atoms with Crippen LogP contribution in [-0.4, -0.2) is 16.1 Å². The minimum atomic E-state index is -0.887. The van der Waals surface area contributed by atoms with Crippen molar-refractivity contribution >= 4 is 16.9 Å². The van der Waals surface area contributed by atoms with Crippen molar-refractivity contribution < 1.29 is 9.90 Å². The molecule has 2 rings (SSSR count). The van der Waals surface area contributed by atoms with Gasteiger partial charge in [-0.15, -0.1) is 0 Å². The highest BCUT2D eigenvalue weighted by Crippen LogP contribution is 2.31. The molecule has 0 amide bonds. The van der Waals surface area contributed by atoms with Crippen molar-refractivity contribution in [3.63, 3.8) is 0 Å². The Morgan fingerprint density at radius 3 is 2.47 bits per heavy atom. The lowest BCUT2D eigenvalue weighted by molar-refractivity contribution is 0.0690. The number of aromatic nitrogens is 1. The van der Waals surface area contributed by atoms with E-state index in [0.29, 0.717) is 5.69 Å². The van der Waals surface area contributed by atoms with E-state index in [1.54, 1.807) is 0 Å². The number of rotatable bonds is 2. The number of hydrogen-bond donors (Lipinski definition) is 2. The highest BCUT2D eigenvalue weighted by atomic mass is 16.4. The van der Waals surface area contributed by atoms with Gasteiger partial charge >= 0.3 is 5.97 Å². The van der Waals surface area contributed by atoms with E-state index in [1.165, 1.54) is 0 Å². The van der Waals surface area contributed by atoms with E-state index in [9.17, 15) is 9.90 Å². The Morgan fingerprint density at radius 1 is 1.29 bits per heavy atom. The Bertz CT molecular complexity index is 594. The molecule has 1 aromatic heterocycles. The summed E-state index contributed by atoms with van der Waals surface area (Å²) in [7, 11) is 0. The molecule has 0 bridgehead atoms. The van der Waals surface area contributed by atoms with Crippen LogP contribution in [0.4, 0.5) is 0 Å². The summed E-state index contributed by atoms with van der Waals surface area (Å²) >= 11 is 0. The summed E-state index contributed by atoms with van der Waals surface area (Å²) in [5, 5.41) is 10.3. The van der Waals surface area contributed by atoms with E-state index in [0.717, 1.165) is 27.6 Å². The number of aromatic amines is 1. The molecule has 0 aliphatic rings. The second kappa shape index (κ2) is 3.91. The normalized spacial score (nSPS) is 11.4. The van der Waals surface area contributed by atoms with Crippen LogP contribution in [0.15, 0.2) is 12.1 Å². The van der Waals surface area contributed by atoms with Crippen LogP contribution in [0.2, 0.25) is 0 Å². The number of carboxylic acids is 1. The van der Waals surface area contributed by atoms with Crippen molar-refractivity contribution in [1.29, 1.82) is 0 Å². The third kappa shape index (κ3) is 1.82. The molecule has 0 spiro atoms. The maximum absolute atomic E-state index is 11.3. The number of nitrogens with one attached hydrogen (secondary N) is 1. The Labute approximate surface area is 100 Å². The molecule has 17 heavy (non-hydrogen) atoms. The second-order valence-corrected chi connectivity index (χ2v) is 4.88. The Kier molecular flexibility index (Phi) is 2.69. The fourth-order valence-electron chi connectivity index (χ4n) is 2.44. The summed E-state index contributed by atoms with van der Waals surface area (Å²) in [5.74, 6) is -0.696. The molecule has 1 heterocycles. The fraction of sp³-hybridized carbons (Fsp3) is 0.357. The first kappa shape index (κ1) is 11.7. The monoisotopic (exact) mass is 231 g/mol. The number of aryl methyl sites for hydroxylation is 2. The summed E-state index contributed by atoms with van der Waals surface area (Å²) < 4.78 is 0. The summed E-state index contributed by atoms with van der Waals surface area (Å²) in [6.45, 7) is 8.07. The van der Waals surface area contributed by atoms with Crippen LogP contribution in [-0.2, 0) is 0 Å². The molecule has 2 N–H and O–H groups in total. The lowest BCUT2D eigenvalue weighted by Gasteiger charge is -2.06. The molecule has 3 nitrogen and oxygen atoms in total. The number of carbonyl (C=O) groups is 1. The number of hydrogen-bond acceptors (Lipinski definition) is 1. The smallest absolute Gasteiger partial charge is 0.352 e. The minimum absolute atomic E-state index is 0.191. The number of aromatic carboxylic acids is 1. The molecule has 0 aliphatic heterocycles. The number of carboxylic acid groups (broad SMARTS) is 1. The summed E-state index contributed by atoms with van der Waals surface area (Å²) in [6.07, 6.45) is 0. The lowest BCUT2D eigenvalue weighted by atomic mass is 9.97. The Balaban J connectivity index is 2.90. The van der Waals surface area contributed by atoms with Crippen molar-refractivity contribution in [3.05, 3.63) is 34.5 Å². The first-order chi connectivity index (χ1) is 7.91. The van der Waals surface area contributed by atoms with E-state index >= 15 is 0 Å². The first-order valence-electron chi connectivity index (χ1n) is 5.78. The number of fused-ring (bicyclic) bond motifs is 1. The molecular formula is C14H17NO2. The van der Waals surface area contributed by atoms with E-state index in [-0.39, 0.29) is 5.92 Å². The Hall–Kier alpha value is -1.77. The average Bonchev–Trinajstić information content (AvgIpc) is 2.56. The van der Waals surface area contributed by atoms with Gasteiger partial charge in [-0.25, -0.2) is 4.79 Å². The van der Waals surface area contributed by atoms with Crippen molar-refractivity contribution in [2.24, 2.45) is 0 Å². The molecular weight excluding hydrogens is 214 g/mol. The number of benzene rings is 1. The van der Waals surface area contributed by atoms with Crippen LogP contribution in [0.25, 0.3) is 10.9 Å². The maximum atomic E-state index is 11.3.